The van der Waals surface area contributed by atoms with Crippen LogP contribution in [-0.4, -0.2) is 51.1 Å². The monoisotopic (exact) mass is 426 g/mol. The largest absolute Gasteiger partial charge is 0.494 e. The number of ether oxygens (including phenoxy) is 1. The highest BCUT2D eigenvalue weighted by molar-refractivity contribution is 5.98. The van der Waals surface area contributed by atoms with Crippen molar-refractivity contribution < 1.29 is 18.8 Å². The molecule has 8 nitrogen and oxygen atoms in total. The number of aromatic nitrogens is 2. The van der Waals surface area contributed by atoms with E-state index in [4.69, 9.17) is 9.26 Å². The minimum atomic E-state index is -0.236. The zero-order valence-electron chi connectivity index (χ0n) is 18.2. The van der Waals surface area contributed by atoms with Crippen LogP contribution in [0.3, 0.4) is 0 Å². The number of nitrogens with zero attached hydrogens (tertiary/aromatic N) is 4. The van der Waals surface area contributed by atoms with E-state index in [1.54, 1.807) is 4.90 Å². The van der Waals surface area contributed by atoms with Crippen molar-refractivity contribution in [2.75, 3.05) is 13.2 Å². The van der Waals surface area contributed by atoms with E-state index in [0.29, 0.717) is 24.9 Å². The summed E-state index contributed by atoms with van der Waals surface area (Å²) in [6.07, 6.45) is 5.45. The maximum Gasteiger partial charge on any atom is 0.327 e. The molecule has 0 bridgehead atoms. The summed E-state index contributed by atoms with van der Waals surface area (Å²) in [6.45, 7) is 5.25. The lowest BCUT2D eigenvalue weighted by atomic mass is 9.81. The molecule has 1 aromatic heterocycles. The van der Waals surface area contributed by atoms with Crippen molar-refractivity contribution in [3.05, 3.63) is 30.2 Å². The molecule has 8 heteroatoms. The topological polar surface area (TPSA) is 88.8 Å². The molecule has 2 unspecified atom stereocenters. The number of carbonyl (C=O) groups is 2. The molecule has 1 saturated heterocycles. The Morgan fingerprint density at radius 3 is 2.84 bits per heavy atom. The molecule has 2 aliphatic rings. The number of unbranched alkanes of at least 4 members (excludes halogenated alkanes) is 1. The van der Waals surface area contributed by atoms with Gasteiger partial charge in [-0.2, -0.15) is 4.98 Å². The summed E-state index contributed by atoms with van der Waals surface area (Å²) < 4.78 is 11.0. The van der Waals surface area contributed by atoms with Gasteiger partial charge in [0.25, 0.3) is 0 Å². The maximum absolute atomic E-state index is 13.2. The molecule has 1 aromatic carbocycles. The fraction of sp³-hybridized carbons (Fsp3) is 0.565. The fourth-order valence-corrected chi connectivity index (χ4v) is 4.54. The quantitative estimate of drug-likeness (QED) is 0.627. The Kier molecular flexibility index (Phi) is 6.53. The van der Waals surface area contributed by atoms with Crippen LogP contribution in [0.4, 0.5) is 4.79 Å². The van der Waals surface area contributed by atoms with Crippen LogP contribution in [0.1, 0.15) is 58.3 Å². The van der Waals surface area contributed by atoms with Crippen LogP contribution >= 0.6 is 0 Å². The molecule has 4 rings (SSSR count). The second-order valence-corrected chi connectivity index (χ2v) is 8.18. The van der Waals surface area contributed by atoms with Gasteiger partial charge in [-0.25, -0.2) is 4.79 Å². The van der Waals surface area contributed by atoms with Crippen LogP contribution in [0.5, 0.6) is 5.75 Å². The van der Waals surface area contributed by atoms with Gasteiger partial charge in [-0.15, -0.1) is 0 Å². The number of imide groups is 1. The minimum Gasteiger partial charge on any atom is -0.494 e. The molecule has 0 spiro atoms. The van der Waals surface area contributed by atoms with Gasteiger partial charge >= 0.3 is 6.03 Å². The highest BCUT2D eigenvalue weighted by Gasteiger charge is 2.47. The molecule has 3 amide bonds. The molecular formula is C23H30N4O4. The smallest absolute Gasteiger partial charge is 0.327 e. The number of amides is 3. The van der Waals surface area contributed by atoms with Crippen molar-refractivity contribution >= 4 is 11.9 Å². The lowest BCUT2D eigenvalue weighted by Crippen LogP contribution is -2.62. The zero-order valence-corrected chi connectivity index (χ0v) is 18.2. The molecule has 0 radical (unpaired) electrons. The van der Waals surface area contributed by atoms with Gasteiger partial charge < -0.3 is 14.2 Å². The molecule has 1 saturated carbocycles. The molecule has 0 N–H and O–H groups in total. The van der Waals surface area contributed by atoms with Crippen LogP contribution in [0.2, 0.25) is 0 Å². The number of urea groups is 1. The second kappa shape index (κ2) is 9.49. The molecular weight excluding hydrogens is 396 g/mol. The predicted octanol–water partition coefficient (Wildman–Crippen LogP) is 4.26. The SMILES string of the molecule is CCCCN1C(=O)C2CCCCC2N(Cc2nc(-c3cccc(OCC)c3)no2)C1=O. The summed E-state index contributed by atoms with van der Waals surface area (Å²) in [5, 5.41) is 4.11. The Bertz CT molecular complexity index is 928. The van der Waals surface area contributed by atoms with Gasteiger partial charge in [-0.3, -0.25) is 9.69 Å². The number of rotatable bonds is 8. The Balaban J connectivity index is 1.55. The highest BCUT2D eigenvalue weighted by atomic mass is 16.5. The van der Waals surface area contributed by atoms with Crippen molar-refractivity contribution in [2.45, 2.75) is 65.0 Å². The van der Waals surface area contributed by atoms with Gasteiger partial charge in [0.2, 0.25) is 17.6 Å². The summed E-state index contributed by atoms with van der Waals surface area (Å²) in [6, 6.07) is 7.20. The summed E-state index contributed by atoms with van der Waals surface area (Å²) in [7, 11) is 0. The van der Waals surface area contributed by atoms with E-state index in [1.807, 2.05) is 31.2 Å². The average molecular weight is 427 g/mol. The molecule has 1 aliphatic heterocycles. The third-order valence-corrected chi connectivity index (χ3v) is 6.10. The van der Waals surface area contributed by atoms with E-state index >= 15 is 0 Å². The molecule has 2 aromatic rings. The van der Waals surface area contributed by atoms with Crippen molar-refractivity contribution in [2.24, 2.45) is 5.92 Å². The van der Waals surface area contributed by atoms with Crippen LogP contribution in [0.15, 0.2) is 28.8 Å². The van der Waals surface area contributed by atoms with Crippen molar-refractivity contribution in [1.82, 2.24) is 19.9 Å². The first-order valence-corrected chi connectivity index (χ1v) is 11.3. The molecule has 31 heavy (non-hydrogen) atoms. The molecule has 166 valence electrons. The number of hydrogen-bond acceptors (Lipinski definition) is 6. The fourth-order valence-electron chi connectivity index (χ4n) is 4.54. The van der Waals surface area contributed by atoms with Crippen LogP contribution in [0, 0.1) is 5.92 Å². The third-order valence-electron chi connectivity index (χ3n) is 6.10. The first-order valence-electron chi connectivity index (χ1n) is 11.3. The van der Waals surface area contributed by atoms with E-state index in [0.717, 1.165) is 49.8 Å². The van der Waals surface area contributed by atoms with Crippen molar-refractivity contribution in [3.63, 3.8) is 0 Å². The van der Waals surface area contributed by atoms with Gasteiger partial charge in [-0.1, -0.05) is 43.5 Å². The Morgan fingerprint density at radius 2 is 2.03 bits per heavy atom. The summed E-state index contributed by atoms with van der Waals surface area (Å²) in [4.78, 5) is 33.9. The van der Waals surface area contributed by atoms with Gasteiger partial charge in [0.1, 0.15) is 12.3 Å². The minimum absolute atomic E-state index is 0.0154. The Labute approximate surface area is 182 Å². The van der Waals surface area contributed by atoms with E-state index in [-0.39, 0.29) is 30.4 Å². The molecule has 1 aliphatic carbocycles. The van der Waals surface area contributed by atoms with E-state index in [2.05, 4.69) is 17.1 Å². The Morgan fingerprint density at radius 1 is 1.19 bits per heavy atom. The second-order valence-electron chi connectivity index (χ2n) is 8.18. The summed E-state index contributed by atoms with van der Waals surface area (Å²) in [5.74, 6) is 1.43. The maximum atomic E-state index is 13.2. The first kappa shape index (κ1) is 21.3. The standard InChI is InChI=1S/C23H30N4O4/c1-3-5-13-26-22(28)18-11-6-7-12-19(18)27(23(26)29)15-20-24-21(25-31-20)16-9-8-10-17(14-16)30-4-2/h8-10,14,18-19H,3-7,11-13,15H2,1-2H3. The van der Waals surface area contributed by atoms with Crippen molar-refractivity contribution in [1.29, 1.82) is 0 Å². The van der Waals surface area contributed by atoms with Gasteiger partial charge in [0.15, 0.2) is 0 Å². The number of hydrogen-bond donors (Lipinski definition) is 0. The predicted molar refractivity (Wildman–Crippen MR) is 114 cm³/mol. The van der Waals surface area contributed by atoms with E-state index in [9.17, 15) is 9.59 Å². The molecule has 2 heterocycles. The summed E-state index contributed by atoms with van der Waals surface area (Å²) in [5.41, 5.74) is 0.793. The lowest BCUT2D eigenvalue weighted by molar-refractivity contribution is -0.141. The van der Waals surface area contributed by atoms with Crippen LogP contribution in [0.25, 0.3) is 11.4 Å². The third kappa shape index (κ3) is 4.43. The Hall–Kier alpha value is -2.90. The van der Waals surface area contributed by atoms with Gasteiger partial charge in [0, 0.05) is 18.2 Å². The normalized spacial score (nSPS) is 21.4. The summed E-state index contributed by atoms with van der Waals surface area (Å²) >= 11 is 0. The lowest BCUT2D eigenvalue weighted by Gasteiger charge is -2.46. The molecule has 2 fully saturated rings. The first-order chi connectivity index (χ1) is 15.1. The number of fused-ring (bicyclic) bond motifs is 1. The van der Waals surface area contributed by atoms with Crippen LogP contribution in [-0.2, 0) is 11.3 Å². The number of benzene rings is 1. The average Bonchev–Trinajstić information content (AvgIpc) is 3.26. The van der Waals surface area contributed by atoms with Gasteiger partial charge in [-0.05, 0) is 38.3 Å². The van der Waals surface area contributed by atoms with E-state index < -0.39 is 0 Å². The van der Waals surface area contributed by atoms with E-state index in [1.165, 1.54) is 4.90 Å². The molecule has 2 atom stereocenters. The van der Waals surface area contributed by atoms with Crippen molar-refractivity contribution in [3.8, 4) is 17.1 Å². The van der Waals surface area contributed by atoms with Crippen LogP contribution < -0.4 is 4.74 Å². The number of carbonyl (C=O) groups excluding carboxylic acids is 2. The highest BCUT2D eigenvalue weighted by Crippen LogP contribution is 2.35. The zero-order chi connectivity index (χ0) is 21.8. The van der Waals surface area contributed by atoms with Gasteiger partial charge in [0.05, 0.1) is 12.5 Å².